The molecule has 1 heterocycles. The first kappa shape index (κ1) is 22.5. The predicted molar refractivity (Wildman–Crippen MR) is 121 cm³/mol. The average molecular weight is 488 g/mol. The first-order chi connectivity index (χ1) is 14.8. The number of aromatic nitrogens is 2. The minimum atomic E-state index is -0.784. The lowest BCUT2D eigenvalue weighted by Crippen LogP contribution is -2.25. The summed E-state index contributed by atoms with van der Waals surface area (Å²) in [4.78, 5) is 28.9. The van der Waals surface area contributed by atoms with Crippen molar-refractivity contribution in [2.75, 3.05) is 13.7 Å². The van der Waals surface area contributed by atoms with Crippen molar-refractivity contribution in [1.82, 2.24) is 9.66 Å². The summed E-state index contributed by atoms with van der Waals surface area (Å²) in [5.74, 6) is 0.834. The van der Waals surface area contributed by atoms with Crippen molar-refractivity contribution < 1.29 is 19.0 Å². The van der Waals surface area contributed by atoms with Crippen LogP contribution < -0.4 is 15.0 Å². The lowest BCUT2D eigenvalue weighted by molar-refractivity contribution is -0.147. The molecule has 0 fully saturated rings. The van der Waals surface area contributed by atoms with Gasteiger partial charge in [-0.3, -0.25) is 4.79 Å². The third-order valence-electron chi connectivity index (χ3n) is 4.40. The molecule has 0 N–H and O–H groups in total. The molecule has 0 aliphatic rings. The lowest BCUT2D eigenvalue weighted by atomic mass is 10.2. The van der Waals surface area contributed by atoms with Gasteiger partial charge in [0.15, 0.2) is 17.6 Å². The molecule has 0 amide bonds. The van der Waals surface area contributed by atoms with Crippen LogP contribution in [0.25, 0.3) is 10.9 Å². The van der Waals surface area contributed by atoms with Crippen molar-refractivity contribution in [1.29, 1.82) is 0 Å². The van der Waals surface area contributed by atoms with Crippen LogP contribution in [0.3, 0.4) is 0 Å². The maximum absolute atomic E-state index is 12.9. The monoisotopic (exact) mass is 487 g/mol. The largest absolute Gasteiger partial charge is 0.490 e. The number of hydrogen-bond donors (Lipinski definition) is 0. The molecule has 3 rings (SSSR count). The van der Waals surface area contributed by atoms with Gasteiger partial charge in [0.2, 0.25) is 0 Å². The Morgan fingerprint density at radius 2 is 2.03 bits per heavy atom. The summed E-state index contributed by atoms with van der Waals surface area (Å²) in [6, 6.07) is 10.5. The minimum absolute atomic E-state index is 0.267. The molecule has 0 saturated carbocycles. The van der Waals surface area contributed by atoms with Crippen molar-refractivity contribution in [2.45, 2.75) is 26.9 Å². The average Bonchev–Trinajstić information content (AvgIpc) is 2.75. The molecule has 9 heteroatoms. The molecule has 0 aliphatic carbocycles. The summed E-state index contributed by atoms with van der Waals surface area (Å²) in [5.41, 5.74) is 1.02. The van der Waals surface area contributed by atoms with E-state index in [1.165, 1.54) is 18.0 Å². The van der Waals surface area contributed by atoms with Crippen LogP contribution in [-0.4, -0.2) is 41.7 Å². The fraction of sp³-hybridized carbons (Fsp3) is 0.273. The predicted octanol–water partition coefficient (Wildman–Crippen LogP) is 3.69. The van der Waals surface area contributed by atoms with E-state index >= 15 is 0 Å². The number of esters is 1. The number of carbonyl (C=O) groups excluding carboxylic acids is 1. The molecule has 1 aromatic heterocycles. The number of benzene rings is 2. The Bertz CT molecular complexity index is 1210. The molecule has 0 saturated heterocycles. The van der Waals surface area contributed by atoms with E-state index in [0.29, 0.717) is 40.4 Å². The molecule has 0 radical (unpaired) electrons. The summed E-state index contributed by atoms with van der Waals surface area (Å²) >= 11 is 3.38. The van der Waals surface area contributed by atoms with Gasteiger partial charge in [-0.15, -0.1) is 0 Å². The van der Waals surface area contributed by atoms with Crippen molar-refractivity contribution in [3.63, 3.8) is 0 Å². The second kappa shape index (κ2) is 9.74. The molecule has 0 bridgehead atoms. The Morgan fingerprint density at radius 1 is 1.26 bits per heavy atom. The number of methoxy groups -OCH3 is 1. The zero-order chi connectivity index (χ0) is 22.5. The summed E-state index contributed by atoms with van der Waals surface area (Å²) in [6.45, 7) is 5.57. The van der Waals surface area contributed by atoms with E-state index in [2.05, 4.69) is 30.8 Å². The molecule has 1 atom stereocenters. The number of hydrogen-bond acceptors (Lipinski definition) is 7. The highest BCUT2D eigenvalue weighted by Crippen LogP contribution is 2.29. The highest BCUT2D eigenvalue weighted by atomic mass is 79.9. The second-order valence-electron chi connectivity index (χ2n) is 6.60. The topological polar surface area (TPSA) is 92.0 Å². The molecule has 0 spiro atoms. The summed E-state index contributed by atoms with van der Waals surface area (Å²) in [6.07, 6.45) is 0.753. The van der Waals surface area contributed by atoms with Crippen molar-refractivity contribution in [3.8, 4) is 11.5 Å². The van der Waals surface area contributed by atoms with E-state index in [-0.39, 0.29) is 5.56 Å². The van der Waals surface area contributed by atoms with Crippen LogP contribution in [0.2, 0.25) is 0 Å². The van der Waals surface area contributed by atoms with Gasteiger partial charge in [-0.2, -0.15) is 9.78 Å². The van der Waals surface area contributed by atoms with E-state index in [1.54, 1.807) is 44.2 Å². The molecule has 3 aromatic rings. The van der Waals surface area contributed by atoms with E-state index in [4.69, 9.17) is 9.47 Å². The first-order valence-corrected chi connectivity index (χ1v) is 10.4. The maximum Gasteiger partial charge on any atom is 0.346 e. The Labute approximate surface area is 187 Å². The van der Waals surface area contributed by atoms with Gasteiger partial charge in [0.1, 0.15) is 5.82 Å². The Hall–Kier alpha value is -3.20. The molecular weight excluding hydrogens is 466 g/mol. The smallest absolute Gasteiger partial charge is 0.346 e. The van der Waals surface area contributed by atoms with Gasteiger partial charge in [-0.25, -0.2) is 9.78 Å². The Morgan fingerprint density at radius 3 is 2.74 bits per heavy atom. The molecule has 0 unspecified atom stereocenters. The summed E-state index contributed by atoms with van der Waals surface area (Å²) < 4.78 is 18.0. The van der Waals surface area contributed by atoms with Crippen LogP contribution in [0.5, 0.6) is 11.5 Å². The number of fused-ring (bicyclic) bond motifs is 1. The lowest BCUT2D eigenvalue weighted by Gasteiger charge is -2.16. The third kappa shape index (κ3) is 5.11. The third-order valence-corrected chi connectivity index (χ3v) is 4.89. The van der Waals surface area contributed by atoms with E-state index in [0.717, 1.165) is 4.47 Å². The van der Waals surface area contributed by atoms with Crippen molar-refractivity contribution in [2.24, 2.45) is 5.10 Å². The van der Waals surface area contributed by atoms with Gasteiger partial charge in [-0.1, -0.05) is 15.9 Å². The van der Waals surface area contributed by atoms with E-state index in [9.17, 15) is 9.59 Å². The molecule has 162 valence electrons. The van der Waals surface area contributed by atoms with Gasteiger partial charge in [-0.05, 0) is 62.7 Å². The van der Waals surface area contributed by atoms with Gasteiger partial charge < -0.3 is 14.2 Å². The zero-order valence-corrected chi connectivity index (χ0v) is 19.2. The van der Waals surface area contributed by atoms with Gasteiger partial charge in [0.25, 0.3) is 5.56 Å². The first-order valence-electron chi connectivity index (χ1n) is 9.58. The second-order valence-corrected chi connectivity index (χ2v) is 7.52. The standard InChI is InChI=1S/C22H22BrN3O5/c1-5-30-20-10-15(6-9-19(20)31-13(2)22(28)29-4)12-24-26-14(3)25-18-8-7-16(23)11-17(18)21(26)27/h6-13H,5H2,1-4H3/t13-/m0/s1. The zero-order valence-electron chi connectivity index (χ0n) is 17.6. The molecule has 31 heavy (non-hydrogen) atoms. The van der Waals surface area contributed by atoms with E-state index < -0.39 is 12.1 Å². The van der Waals surface area contributed by atoms with Crippen molar-refractivity contribution in [3.05, 3.63) is 62.6 Å². The highest BCUT2D eigenvalue weighted by molar-refractivity contribution is 9.10. The Balaban J connectivity index is 1.94. The number of rotatable bonds is 7. The minimum Gasteiger partial charge on any atom is -0.490 e. The number of carbonyl (C=O) groups is 1. The number of aryl methyl sites for hydroxylation is 1. The maximum atomic E-state index is 12.9. The molecule has 8 nitrogen and oxygen atoms in total. The fourth-order valence-electron chi connectivity index (χ4n) is 2.90. The number of ether oxygens (including phenoxy) is 3. The fourth-order valence-corrected chi connectivity index (χ4v) is 3.26. The van der Waals surface area contributed by atoms with Crippen LogP contribution in [0.15, 0.2) is 50.8 Å². The van der Waals surface area contributed by atoms with Gasteiger partial charge in [0, 0.05) is 4.47 Å². The normalized spacial score (nSPS) is 12.2. The van der Waals surface area contributed by atoms with Crippen LogP contribution >= 0.6 is 15.9 Å². The summed E-state index contributed by atoms with van der Waals surface area (Å²) in [5, 5.41) is 4.79. The molecular formula is C22H22BrN3O5. The molecule has 0 aliphatic heterocycles. The number of halogens is 1. The van der Waals surface area contributed by atoms with Crippen LogP contribution in [0.1, 0.15) is 25.2 Å². The van der Waals surface area contributed by atoms with Gasteiger partial charge >= 0.3 is 5.97 Å². The van der Waals surface area contributed by atoms with E-state index in [1.807, 2.05) is 13.0 Å². The highest BCUT2D eigenvalue weighted by Gasteiger charge is 2.17. The van der Waals surface area contributed by atoms with Crippen LogP contribution in [0, 0.1) is 6.92 Å². The summed E-state index contributed by atoms with van der Waals surface area (Å²) in [7, 11) is 1.30. The van der Waals surface area contributed by atoms with Crippen molar-refractivity contribution >= 4 is 39.0 Å². The Kier molecular flexibility index (Phi) is 7.06. The van der Waals surface area contributed by atoms with Gasteiger partial charge in [0.05, 0.1) is 30.8 Å². The van der Waals surface area contributed by atoms with Crippen LogP contribution in [-0.2, 0) is 9.53 Å². The van der Waals surface area contributed by atoms with Crippen LogP contribution in [0.4, 0.5) is 0 Å². The number of nitrogens with zero attached hydrogens (tertiary/aromatic N) is 3. The molecule has 2 aromatic carbocycles. The quantitative estimate of drug-likeness (QED) is 0.372. The SMILES string of the molecule is CCOc1cc(C=Nn2c(C)nc3ccc(Br)cc3c2=O)ccc1O[C@@H](C)C(=O)OC.